The molecule has 3 aromatic rings. The van der Waals surface area contributed by atoms with Crippen molar-refractivity contribution >= 4 is 34.1 Å². The molecule has 5 nitrogen and oxygen atoms in total. The first-order valence-electron chi connectivity index (χ1n) is 8.70. The Balaban J connectivity index is 1.85. The SMILES string of the molecule is CCn1c(=O)cc(OCC(=O)N(C)c2cc(Cl)ccc2C)c2ccccc21. The predicted molar refractivity (Wildman–Crippen MR) is 109 cm³/mol. The van der Waals surface area contributed by atoms with Gasteiger partial charge in [0.05, 0.1) is 5.52 Å². The summed E-state index contributed by atoms with van der Waals surface area (Å²) < 4.78 is 7.41. The number of halogens is 1. The topological polar surface area (TPSA) is 51.5 Å². The van der Waals surface area contributed by atoms with Crippen molar-refractivity contribution in [3.8, 4) is 5.75 Å². The van der Waals surface area contributed by atoms with Crippen molar-refractivity contribution in [2.45, 2.75) is 20.4 Å². The molecule has 0 aliphatic carbocycles. The number of likely N-dealkylation sites (N-methyl/N-ethyl adjacent to an activating group) is 1. The van der Waals surface area contributed by atoms with Gasteiger partial charge in [-0.1, -0.05) is 29.8 Å². The Hall–Kier alpha value is -2.79. The summed E-state index contributed by atoms with van der Waals surface area (Å²) in [7, 11) is 1.68. The second-order valence-electron chi connectivity index (χ2n) is 6.28. The first-order valence-corrected chi connectivity index (χ1v) is 9.08. The molecule has 1 heterocycles. The summed E-state index contributed by atoms with van der Waals surface area (Å²) in [5.41, 5.74) is 2.29. The van der Waals surface area contributed by atoms with Gasteiger partial charge in [-0.3, -0.25) is 9.59 Å². The lowest BCUT2D eigenvalue weighted by molar-refractivity contribution is -0.120. The number of nitrogens with zero attached hydrogens (tertiary/aromatic N) is 2. The average Bonchev–Trinajstić information content (AvgIpc) is 2.67. The van der Waals surface area contributed by atoms with Crippen molar-refractivity contribution in [2.75, 3.05) is 18.6 Å². The number of anilines is 1. The van der Waals surface area contributed by atoms with E-state index in [4.69, 9.17) is 16.3 Å². The molecule has 0 spiro atoms. The molecule has 0 unspecified atom stereocenters. The average molecular weight is 385 g/mol. The van der Waals surface area contributed by atoms with Crippen LogP contribution in [0.5, 0.6) is 5.75 Å². The van der Waals surface area contributed by atoms with Crippen LogP contribution >= 0.6 is 11.6 Å². The van der Waals surface area contributed by atoms with Crippen molar-refractivity contribution < 1.29 is 9.53 Å². The maximum Gasteiger partial charge on any atom is 0.264 e. The molecular formula is C21H21ClN2O3. The van der Waals surface area contributed by atoms with Crippen LogP contribution in [0.25, 0.3) is 10.9 Å². The second kappa shape index (κ2) is 7.84. The van der Waals surface area contributed by atoms with E-state index in [9.17, 15) is 9.59 Å². The molecule has 2 aromatic carbocycles. The van der Waals surface area contributed by atoms with Crippen LogP contribution in [-0.2, 0) is 11.3 Å². The van der Waals surface area contributed by atoms with Crippen molar-refractivity contribution in [1.29, 1.82) is 0 Å². The molecule has 0 N–H and O–H groups in total. The van der Waals surface area contributed by atoms with E-state index in [1.807, 2.05) is 44.2 Å². The number of pyridine rings is 1. The van der Waals surface area contributed by atoms with Gasteiger partial charge in [-0.15, -0.1) is 0 Å². The highest BCUT2D eigenvalue weighted by Gasteiger charge is 2.16. The standard InChI is InChI=1S/C21H21ClN2O3/c1-4-24-17-8-6-5-7-16(17)19(12-20(24)25)27-13-21(26)23(3)18-11-15(22)10-9-14(18)2/h5-12H,4,13H2,1-3H3. The molecule has 0 fully saturated rings. The second-order valence-corrected chi connectivity index (χ2v) is 6.72. The van der Waals surface area contributed by atoms with E-state index < -0.39 is 0 Å². The van der Waals surface area contributed by atoms with Crippen LogP contribution < -0.4 is 15.2 Å². The van der Waals surface area contributed by atoms with Gasteiger partial charge in [-0.25, -0.2) is 0 Å². The molecule has 0 radical (unpaired) electrons. The maximum atomic E-state index is 12.6. The van der Waals surface area contributed by atoms with Gasteiger partial charge in [0, 0.05) is 35.8 Å². The number of benzene rings is 2. The van der Waals surface area contributed by atoms with E-state index in [0.29, 0.717) is 17.3 Å². The molecule has 1 aromatic heterocycles. The predicted octanol–water partition coefficient (Wildman–Crippen LogP) is 4.03. The van der Waals surface area contributed by atoms with Crippen molar-refractivity contribution in [3.05, 3.63) is 69.5 Å². The van der Waals surface area contributed by atoms with Crippen LogP contribution in [0.3, 0.4) is 0 Å². The van der Waals surface area contributed by atoms with Crippen LogP contribution in [0.1, 0.15) is 12.5 Å². The molecule has 0 saturated carbocycles. The van der Waals surface area contributed by atoms with Gasteiger partial charge in [0.1, 0.15) is 5.75 Å². The highest BCUT2D eigenvalue weighted by atomic mass is 35.5. The third-order valence-electron chi connectivity index (χ3n) is 4.55. The number of amides is 1. The molecule has 3 rings (SSSR count). The molecule has 0 bridgehead atoms. The zero-order valence-corrected chi connectivity index (χ0v) is 16.3. The molecule has 140 valence electrons. The summed E-state index contributed by atoms with van der Waals surface area (Å²) in [5.74, 6) is 0.175. The fourth-order valence-electron chi connectivity index (χ4n) is 3.06. The minimum atomic E-state index is -0.232. The van der Waals surface area contributed by atoms with E-state index in [0.717, 1.165) is 22.2 Å². The third kappa shape index (κ3) is 3.83. The summed E-state index contributed by atoms with van der Waals surface area (Å²) in [6.07, 6.45) is 0. The highest BCUT2D eigenvalue weighted by molar-refractivity contribution is 6.31. The van der Waals surface area contributed by atoms with Crippen molar-refractivity contribution in [2.24, 2.45) is 0 Å². The van der Waals surface area contributed by atoms with Gasteiger partial charge >= 0.3 is 0 Å². The maximum absolute atomic E-state index is 12.6. The van der Waals surface area contributed by atoms with Crippen molar-refractivity contribution in [3.63, 3.8) is 0 Å². The number of aryl methyl sites for hydroxylation is 2. The van der Waals surface area contributed by atoms with Gasteiger partial charge < -0.3 is 14.2 Å². The lowest BCUT2D eigenvalue weighted by Crippen LogP contribution is -2.32. The quantitative estimate of drug-likeness (QED) is 0.667. The first-order chi connectivity index (χ1) is 12.9. The smallest absolute Gasteiger partial charge is 0.264 e. The molecule has 0 aliphatic heterocycles. The van der Waals surface area contributed by atoms with E-state index in [2.05, 4.69) is 0 Å². The summed E-state index contributed by atoms with van der Waals surface area (Å²) >= 11 is 6.04. The number of carbonyl (C=O) groups excluding carboxylic acids is 1. The monoisotopic (exact) mass is 384 g/mol. The Labute approximate surface area is 162 Å². The number of hydrogen-bond donors (Lipinski definition) is 0. The molecule has 0 saturated heterocycles. The van der Waals surface area contributed by atoms with Crippen LogP contribution in [0.4, 0.5) is 5.69 Å². The van der Waals surface area contributed by atoms with Gasteiger partial charge in [-0.05, 0) is 43.7 Å². The molecule has 1 amide bonds. The van der Waals surface area contributed by atoms with Crippen LogP contribution in [0.15, 0.2) is 53.3 Å². The third-order valence-corrected chi connectivity index (χ3v) is 4.79. The number of aromatic nitrogens is 1. The molecular weight excluding hydrogens is 364 g/mol. The Bertz CT molecular complexity index is 1060. The van der Waals surface area contributed by atoms with Crippen molar-refractivity contribution in [1.82, 2.24) is 4.57 Å². The molecule has 27 heavy (non-hydrogen) atoms. The lowest BCUT2D eigenvalue weighted by atomic mass is 10.2. The Morgan fingerprint density at radius 3 is 2.67 bits per heavy atom. The van der Waals surface area contributed by atoms with E-state index in [-0.39, 0.29) is 18.1 Å². The minimum Gasteiger partial charge on any atom is -0.483 e. The largest absolute Gasteiger partial charge is 0.483 e. The number of fused-ring (bicyclic) bond motifs is 1. The van der Waals surface area contributed by atoms with Gasteiger partial charge in [0.2, 0.25) is 0 Å². The fourth-order valence-corrected chi connectivity index (χ4v) is 3.23. The number of para-hydroxylation sites is 1. The van der Waals surface area contributed by atoms with Crippen LogP contribution in [0, 0.1) is 6.92 Å². The number of rotatable bonds is 5. The van der Waals surface area contributed by atoms with Gasteiger partial charge in [0.25, 0.3) is 11.5 Å². The number of carbonyl (C=O) groups is 1. The van der Waals surface area contributed by atoms with Crippen LogP contribution in [-0.4, -0.2) is 24.1 Å². The van der Waals surface area contributed by atoms with E-state index >= 15 is 0 Å². The van der Waals surface area contributed by atoms with E-state index in [1.165, 1.54) is 11.0 Å². The highest BCUT2D eigenvalue weighted by Crippen LogP contribution is 2.25. The Morgan fingerprint density at radius 1 is 1.19 bits per heavy atom. The Kier molecular flexibility index (Phi) is 5.51. The molecule has 6 heteroatoms. The summed E-state index contributed by atoms with van der Waals surface area (Å²) in [6, 6.07) is 14.3. The minimum absolute atomic E-state index is 0.155. The zero-order valence-electron chi connectivity index (χ0n) is 15.5. The summed E-state index contributed by atoms with van der Waals surface area (Å²) in [4.78, 5) is 26.4. The van der Waals surface area contributed by atoms with E-state index in [1.54, 1.807) is 23.7 Å². The summed E-state index contributed by atoms with van der Waals surface area (Å²) in [6.45, 7) is 4.21. The normalized spacial score (nSPS) is 10.8. The summed E-state index contributed by atoms with van der Waals surface area (Å²) in [5, 5.41) is 1.36. The fraction of sp³-hybridized carbons (Fsp3) is 0.238. The zero-order chi connectivity index (χ0) is 19.6. The first kappa shape index (κ1) is 19.0. The van der Waals surface area contributed by atoms with Gasteiger partial charge in [0.15, 0.2) is 6.61 Å². The lowest BCUT2D eigenvalue weighted by Gasteiger charge is -2.20. The molecule has 0 atom stereocenters. The van der Waals surface area contributed by atoms with Gasteiger partial charge in [-0.2, -0.15) is 0 Å². The molecule has 0 aliphatic rings. The van der Waals surface area contributed by atoms with Crippen LogP contribution in [0.2, 0.25) is 5.02 Å². The Morgan fingerprint density at radius 2 is 1.93 bits per heavy atom. The number of hydrogen-bond acceptors (Lipinski definition) is 3. The number of ether oxygens (including phenoxy) is 1.